The fourth-order valence-electron chi connectivity index (χ4n) is 4.16. The van der Waals surface area contributed by atoms with Crippen molar-refractivity contribution in [2.45, 2.75) is 32.4 Å². The molecule has 0 atom stereocenters. The van der Waals surface area contributed by atoms with E-state index in [0.29, 0.717) is 22.7 Å². The molecule has 0 unspecified atom stereocenters. The van der Waals surface area contributed by atoms with Gasteiger partial charge in [0.05, 0.1) is 0 Å². The van der Waals surface area contributed by atoms with Gasteiger partial charge in [-0.15, -0.1) is 0 Å². The number of piperidine rings is 1. The van der Waals surface area contributed by atoms with Crippen molar-refractivity contribution in [2.24, 2.45) is 0 Å². The highest BCUT2D eigenvalue weighted by atomic mass is 35.5. The average Bonchev–Trinajstić information content (AvgIpc) is 2.78. The molecule has 0 bridgehead atoms. The van der Waals surface area contributed by atoms with Gasteiger partial charge in [0.2, 0.25) is 0 Å². The van der Waals surface area contributed by atoms with Crippen molar-refractivity contribution in [3.63, 3.8) is 0 Å². The summed E-state index contributed by atoms with van der Waals surface area (Å²) in [5, 5.41) is 0.550. The van der Waals surface area contributed by atoms with Crippen molar-refractivity contribution >= 4 is 23.2 Å². The Bertz CT molecular complexity index is 1050. The zero-order valence-electron chi connectivity index (χ0n) is 17.6. The Morgan fingerprint density at radius 1 is 1.03 bits per heavy atom. The van der Waals surface area contributed by atoms with Crippen LogP contribution in [0, 0.1) is 12.7 Å². The van der Waals surface area contributed by atoms with Gasteiger partial charge in [0, 0.05) is 47.5 Å². The van der Waals surface area contributed by atoms with Crippen molar-refractivity contribution in [1.29, 1.82) is 0 Å². The van der Waals surface area contributed by atoms with Gasteiger partial charge in [-0.3, -0.25) is 9.69 Å². The smallest absolute Gasteiger partial charge is 0.258 e. The Kier molecular flexibility index (Phi) is 6.69. The first-order valence-electron chi connectivity index (χ1n) is 10.6. The number of likely N-dealkylation sites (tertiary alicyclic amines) is 1. The van der Waals surface area contributed by atoms with Crippen LogP contribution in [0.3, 0.4) is 0 Å². The molecule has 0 aliphatic carbocycles. The van der Waals surface area contributed by atoms with Crippen LogP contribution in [0.1, 0.15) is 34.3 Å². The van der Waals surface area contributed by atoms with Gasteiger partial charge >= 0.3 is 0 Å². The first-order valence-corrected chi connectivity index (χ1v) is 11.0. The summed E-state index contributed by atoms with van der Waals surface area (Å²) in [6, 6.07) is 22.2. The molecule has 1 saturated heterocycles. The molecular formula is C26H26ClFN2O. The van der Waals surface area contributed by atoms with Crippen LogP contribution in [-0.2, 0) is 6.54 Å². The standard InChI is InChI=1S/C26H26ClFN2O/c1-19-9-11-23(12-10-19)30(26(31)20-6-4-7-22(27)17-20)24-13-15-29(16-14-24)18-21-5-2-3-8-25(21)28/h2-12,17,24H,13-16,18H2,1H3. The van der Waals surface area contributed by atoms with E-state index in [0.717, 1.165) is 37.2 Å². The van der Waals surface area contributed by atoms with Gasteiger partial charge in [0.15, 0.2) is 0 Å². The average molecular weight is 437 g/mol. The van der Waals surface area contributed by atoms with Crippen LogP contribution >= 0.6 is 11.6 Å². The summed E-state index contributed by atoms with van der Waals surface area (Å²) in [5.41, 5.74) is 3.34. The summed E-state index contributed by atoms with van der Waals surface area (Å²) in [7, 11) is 0. The molecule has 0 spiro atoms. The SMILES string of the molecule is Cc1ccc(N(C(=O)c2cccc(Cl)c2)C2CCN(Cc3ccccc3F)CC2)cc1. The number of hydrogen-bond donors (Lipinski definition) is 0. The second-order valence-electron chi connectivity index (χ2n) is 8.12. The minimum Gasteiger partial charge on any atom is -0.305 e. The lowest BCUT2D eigenvalue weighted by molar-refractivity contribution is 0.0958. The summed E-state index contributed by atoms with van der Waals surface area (Å²) in [6.07, 6.45) is 1.66. The Balaban J connectivity index is 1.53. The number of hydrogen-bond acceptors (Lipinski definition) is 2. The highest BCUT2D eigenvalue weighted by molar-refractivity contribution is 6.31. The molecule has 0 radical (unpaired) electrons. The Morgan fingerprint density at radius 3 is 2.42 bits per heavy atom. The number of aryl methyl sites for hydroxylation is 1. The summed E-state index contributed by atoms with van der Waals surface area (Å²) in [6.45, 7) is 4.24. The van der Waals surface area contributed by atoms with Gasteiger partial charge in [-0.2, -0.15) is 0 Å². The van der Waals surface area contributed by atoms with Crippen LogP contribution in [0.5, 0.6) is 0 Å². The van der Waals surface area contributed by atoms with Gasteiger partial charge < -0.3 is 4.90 Å². The van der Waals surface area contributed by atoms with E-state index in [9.17, 15) is 9.18 Å². The number of halogens is 2. The van der Waals surface area contributed by atoms with E-state index in [1.165, 1.54) is 6.07 Å². The van der Waals surface area contributed by atoms with Gasteiger partial charge in [0.25, 0.3) is 5.91 Å². The molecule has 0 N–H and O–H groups in total. The van der Waals surface area contributed by atoms with Crippen LogP contribution in [0.25, 0.3) is 0 Å². The molecule has 3 aromatic rings. The molecule has 0 saturated carbocycles. The molecule has 5 heteroatoms. The Morgan fingerprint density at radius 2 is 1.74 bits per heavy atom. The second-order valence-corrected chi connectivity index (χ2v) is 8.56. The number of carbonyl (C=O) groups excluding carboxylic acids is 1. The van der Waals surface area contributed by atoms with Crippen LogP contribution < -0.4 is 4.90 Å². The molecule has 0 aromatic heterocycles. The quantitative estimate of drug-likeness (QED) is 0.482. The number of nitrogens with zero attached hydrogens (tertiary/aromatic N) is 2. The third-order valence-corrected chi connectivity index (χ3v) is 6.11. The number of benzene rings is 3. The molecular weight excluding hydrogens is 411 g/mol. The lowest BCUT2D eigenvalue weighted by Gasteiger charge is -2.38. The van der Waals surface area contributed by atoms with E-state index in [1.54, 1.807) is 24.3 Å². The molecule has 160 valence electrons. The number of anilines is 1. The molecule has 1 aliphatic rings. The molecule has 31 heavy (non-hydrogen) atoms. The maximum absolute atomic E-state index is 14.0. The lowest BCUT2D eigenvalue weighted by Crippen LogP contribution is -2.47. The molecule has 1 heterocycles. The largest absolute Gasteiger partial charge is 0.305 e. The fraction of sp³-hybridized carbons (Fsp3) is 0.269. The van der Waals surface area contributed by atoms with Crippen LogP contribution in [0.4, 0.5) is 10.1 Å². The maximum Gasteiger partial charge on any atom is 0.258 e. The summed E-state index contributed by atoms with van der Waals surface area (Å²) in [5.74, 6) is -0.207. The molecule has 1 amide bonds. The highest BCUT2D eigenvalue weighted by Gasteiger charge is 2.30. The summed E-state index contributed by atoms with van der Waals surface area (Å²) >= 11 is 6.15. The lowest BCUT2D eigenvalue weighted by atomic mass is 10.00. The highest BCUT2D eigenvalue weighted by Crippen LogP contribution is 2.28. The van der Waals surface area contributed by atoms with Crippen molar-refractivity contribution in [2.75, 3.05) is 18.0 Å². The topological polar surface area (TPSA) is 23.6 Å². The van der Waals surface area contributed by atoms with E-state index < -0.39 is 0 Å². The molecule has 3 aromatic carbocycles. The first kappa shape index (κ1) is 21.5. The summed E-state index contributed by atoms with van der Waals surface area (Å²) in [4.78, 5) is 17.7. The number of rotatable bonds is 5. The zero-order chi connectivity index (χ0) is 21.8. The Labute approximate surface area is 188 Å². The minimum atomic E-state index is -0.165. The number of carbonyl (C=O) groups is 1. The van der Waals surface area contributed by atoms with Crippen molar-refractivity contribution in [3.8, 4) is 0 Å². The van der Waals surface area contributed by atoms with Crippen LogP contribution in [0.15, 0.2) is 72.8 Å². The van der Waals surface area contributed by atoms with E-state index >= 15 is 0 Å². The predicted molar refractivity (Wildman–Crippen MR) is 124 cm³/mol. The normalized spacial score (nSPS) is 15.1. The Hall–Kier alpha value is -2.69. The first-order chi connectivity index (χ1) is 15.0. The zero-order valence-corrected chi connectivity index (χ0v) is 18.4. The molecule has 1 fully saturated rings. The van der Waals surface area contributed by atoms with Gasteiger partial charge in [0.1, 0.15) is 5.82 Å². The third-order valence-electron chi connectivity index (χ3n) is 5.88. The van der Waals surface area contributed by atoms with Crippen LogP contribution in [0.2, 0.25) is 5.02 Å². The molecule has 1 aliphatic heterocycles. The van der Waals surface area contributed by atoms with Gasteiger partial charge in [-0.25, -0.2) is 4.39 Å². The van der Waals surface area contributed by atoms with E-state index in [1.807, 2.05) is 54.3 Å². The monoisotopic (exact) mass is 436 g/mol. The van der Waals surface area contributed by atoms with E-state index in [2.05, 4.69) is 4.90 Å². The predicted octanol–water partition coefficient (Wildman–Crippen LogP) is 6.10. The summed E-state index contributed by atoms with van der Waals surface area (Å²) < 4.78 is 14.0. The number of amides is 1. The van der Waals surface area contributed by atoms with Crippen LogP contribution in [-0.4, -0.2) is 29.9 Å². The second kappa shape index (κ2) is 9.63. The minimum absolute atomic E-state index is 0.0427. The van der Waals surface area contributed by atoms with Crippen molar-refractivity contribution < 1.29 is 9.18 Å². The fourth-order valence-corrected chi connectivity index (χ4v) is 4.35. The molecule has 3 nitrogen and oxygen atoms in total. The van der Waals surface area contributed by atoms with E-state index in [-0.39, 0.29) is 17.8 Å². The third kappa shape index (κ3) is 5.15. The van der Waals surface area contributed by atoms with Gasteiger partial charge in [-0.1, -0.05) is 53.6 Å². The van der Waals surface area contributed by atoms with E-state index in [4.69, 9.17) is 11.6 Å². The maximum atomic E-state index is 14.0. The van der Waals surface area contributed by atoms with Crippen molar-refractivity contribution in [3.05, 3.63) is 100 Å². The van der Waals surface area contributed by atoms with Gasteiger partial charge in [-0.05, 0) is 56.2 Å². The van der Waals surface area contributed by atoms with Crippen molar-refractivity contribution in [1.82, 2.24) is 4.90 Å². The molecule has 4 rings (SSSR count).